The zero-order chi connectivity index (χ0) is 22.2. The van der Waals surface area contributed by atoms with E-state index < -0.39 is 0 Å². The molecule has 0 spiro atoms. The molecule has 9 heteroatoms. The quantitative estimate of drug-likeness (QED) is 0.228. The number of anilines is 1. The first-order chi connectivity index (χ1) is 15.1. The van der Waals surface area contributed by atoms with Crippen molar-refractivity contribution in [2.24, 2.45) is 4.99 Å². The highest BCUT2D eigenvalue weighted by Crippen LogP contribution is 2.23. The van der Waals surface area contributed by atoms with E-state index in [1.54, 1.807) is 4.68 Å². The van der Waals surface area contributed by atoms with E-state index in [-0.39, 0.29) is 24.0 Å². The summed E-state index contributed by atoms with van der Waals surface area (Å²) in [6.45, 7) is 10.0. The Labute approximate surface area is 212 Å². The van der Waals surface area contributed by atoms with Crippen molar-refractivity contribution in [1.82, 2.24) is 20.0 Å². The number of nitrogen functional groups attached to an aromatic ring is 1. The largest absolute Gasteiger partial charge is 0.382 e. The van der Waals surface area contributed by atoms with E-state index in [0.29, 0.717) is 29.6 Å². The van der Waals surface area contributed by atoms with Crippen molar-refractivity contribution >= 4 is 47.5 Å². The van der Waals surface area contributed by atoms with Gasteiger partial charge < -0.3 is 16.0 Å². The van der Waals surface area contributed by atoms with Gasteiger partial charge in [0.25, 0.3) is 0 Å². The highest BCUT2D eigenvalue weighted by Gasteiger charge is 2.21. The molecule has 2 aromatic rings. The van der Waals surface area contributed by atoms with Gasteiger partial charge in [-0.2, -0.15) is 22.1 Å². The summed E-state index contributed by atoms with van der Waals surface area (Å²) in [4.78, 5) is 7.22. The maximum Gasteiger partial charge on any atom is 0.193 e. The molecule has 0 saturated carbocycles. The SMILES string of the molecule is CCNC(=NCCCc1nn(-c2ccc(C)cc2)c(N)c1C#N)N1CCSC(CC)C1.I. The smallest absolute Gasteiger partial charge is 0.193 e. The third-order valence-electron chi connectivity index (χ3n) is 5.45. The van der Waals surface area contributed by atoms with Crippen molar-refractivity contribution in [1.29, 1.82) is 5.26 Å². The molecule has 1 aromatic heterocycles. The molecule has 1 fully saturated rings. The number of halogens is 1. The summed E-state index contributed by atoms with van der Waals surface area (Å²) in [7, 11) is 0. The lowest BCUT2D eigenvalue weighted by molar-refractivity contribution is 0.408. The number of aliphatic imine (C=N–C) groups is 1. The molecule has 0 bridgehead atoms. The number of rotatable bonds is 7. The normalized spacial score (nSPS) is 16.4. The summed E-state index contributed by atoms with van der Waals surface area (Å²) < 4.78 is 1.66. The van der Waals surface area contributed by atoms with Crippen LogP contribution in [0.3, 0.4) is 0 Å². The number of hydrogen-bond acceptors (Lipinski definition) is 5. The minimum Gasteiger partial charge on any atom is -0.382 e. The minimum atomic E-state index is 0. The summed E-state index contributed by atoms with van der Waals surface area (Å²) in [5.74, 6) is 2.53. The molecule has 1 aromatic carbocycles. The number of aryl methyl sites for hydroxylation is 2. The van der Waals surface area contributed by atoms with Crippen LogP contribution in [0.1, 0.15) is 43.5 Å². The van der Waals surface area contributed by atoms with Crippen molar-refractivity contribution in [3.8, 4) is 11.8 Å². The average molecular weight is 568 g/mol. The highest BCUT2D eigenvalue weighted by molar-refractivity contribution is 14.0. The first-order valence-electron chi connectivity index (χ1n) is 11.1. The molecule has 2 heterocycles. The lowest BCUT2D eigenvalue weighted by Gasteiger charge is -2.34. The molecule has 3 rings (SSSR count). The molecule has 0 amide bonds. The number of guanidine groups is 1. The Bertz CT molecular complexity index is 933. The number of thioether (sulfide) groups is 1. The van der Waals surface area contributed by atoms with E-state index in [1.165, 1.54) is 12.0 Å². The van der Waals surface area contributed by atoms with Crippen LogP contribution in [-0.2, 0) is 6.42 Å². The Morgan fingerprint density at radius 3 is 2.75 bits per heavy atom. The van der Waals surface area contributed by atoms with Crippen LogP contribution in [0.5, 0.6) is 0 Å². The number of nitrogens with zero attached hydrogens (tertiary/aromatic N) is 5. The van der Waals surface area contributed by atoms with Crippen molar-refractivity contribution < 1.29 is 0 Å². The van der Waals surface area contributed by atoms with Crippen LogP contribution in [0.4, 0.5) is 5.82 Å². The number of nitrogens with two attached hydrogens (primary N) is 1. The second-order valence-corrected chi connectivity index (χ2v) is 9.16. The molecule has 32 heavy (non-hydrogen) atoms. The third-order valence-corrected chi connectivity index (χ3v) is 6.82. The van der Waals surface area contributed by atoms with Crippen LogP contribution in [0, 0.1) is 18.3 Å². The van der Waals surface area contributed by atoms with Crippen molar-refractivity contribution in [2.45, 2.75) is 45.3 Å². The Balaban J connectivity index is 0.00000363. The molecule has 1 unspecified atom stereocenters. The number of nitrogens with one attached hydrogen (secondary N) is 1. The number of nitriles is 1. The predicted molar refractivity (Wildman–Crippen MR) is 145 cm³/mol. The van der Waals surface area contributed by atoms with Crippen LogP contribution in [0.25, 0.3) is 5.69 Å². The van der Waals surface area contributed by atoms with E-state index >= 15 is 0 Å². The van der Waals surface area contributed by atoms with E-state index in [4.69, 9.17) is 10.7 Å². The third kappa shape index (κ3) is 6.54. The highest BCUT2D eigenvalue weighted by atomic mass is 127. The minimum absolute atomic E-state index is 0. The van der Waals surface area contributed by atoms with Crippen LogP contribution in [0.15, 0.2) is 29.3 Å². The molecule has 3 N–H and O–H groups in total. The first-order valence-corrected chi connectivity index (χ1v) is 12.1. The number of hydrogen-bond donors (Lipinski definition) is 2. The molecular weight excluding hydrogens is 533 g/mol. The van der Waals surface area contributed by atoms with Gasteiger partial charge in [-0.25, -0.2) is 4.68 Å². The standard InChI is InChI=1S/C23H33N7S.HI/c1-4-19-16-29(13-14-31-19)23(26-5-2)27-12-6-7-21-20(15-24)22(25)30(28-21)18-10-8-17(3)9-11-18;/h8-11,19H,4-7,12-14,16,25H2,1-3H3,(H,26,27);1H. The van der Waals surface area contributed by atoms with Gasteiger partial charge in [-0.3, -0.25) is 4.99 Å². The van der Waals surface area contributed by atoms with Crippen LogP contribution in [0.2, 0.25) is 0 Å². The number of aromatic nitrogens is 2. The van der Waals surface area contributed by atoms with Crippen LogP contribution in [-0.4, -0.2) is 57.8 Å². The molecule has 174 valence electrons. The van der Waals surface area contributed by atoms with E-state index in [1.807, 2.05) is 31.2 Å². The lowest BCUT2D eigenvalue weighted by Crippen LogP contribution is -2.48. The summed E-state index contributed by atoms with van der Waals surface area (Å²) in [6, 6.07) is 10.2. The van der Waals surface area contributed by atoms with E-state index in [2.05, 4.69) is 47.0 Å². The molecule has 1 atom stereocenters. The lowest BCUT2D eigenvalue weighted by atomic mass is 10.1. The number of benzene rings is 1. The van der Waals surface area contributed by atoms with Gasteiger partial charge in [0.05, 0.1) is 11.4 Å². The Morgan fingerprint density at radius 1 is 1.34 bits per heavy atom. The summed E-state index contributed by atoms with van der Waals surface area (Å²) in [6.07, 6.45) is 2.67. The van der Waals surface area contributed by atoms with Gasteiger partial charge in [0.1, 0.15) is 17.5 Å². The van der Waals surface area contributed by atoms with Gasteiger partial charge >= 0.3 is 0 Å². The summed E-state index contributed by atoms with van der Waals surface area (Å²) in [5.41, 5.74) is 9.47. The second kappa shape index (κ2) is 12.9. The monoisotopic (exact) mass is 567 g/mol. The average Bonchev–Trinajstić information content (AvgIpc) is 3.11. The molecule has 0 aliphatic carbocycles. The molecule has 1 aliphatic heterocycles. The molecule has 0 radical (unpaired) electrons. The van der Waals surface area contributed by atoms with Crippen molar-refractivity contribution in [3.05, 3.63) is 41.1 Å². The van der Waals surface area contributed by atoms with E-state index in [0.717, 1.165) is 49.1 Å². The summed E-state index contributed by atoms with van der Waals surface area (Å²) >= 11 is 2.06. The maximum atomic E-state index is 9.61. The van der Waals surface area contributed by atoms with Gasteiger partial charge in [-0.1, -0.05) is 24.6 Å². The van der Waals surface area contributed by atoms with Gasteiger partial charge in [0, 0.05) is 37.2 Å². The predicted octanol–water partition coefficient (Wildman–Crippen LogP) is 3.98. The first kappa shape index (κ1) is 26.3. The zero-order valence-electron chi connectivity index (χ0n) is 19.2. The van der Waals surface area contributed by atoms with Crippen molar-refractivity contribution in [3.63, 3.8) is 0 Å². The fourth-order valence-electron chi connectivity index (χ4n) is 3.67. The van der Waals surface area contributed by atoms with Gasteiger partial charge in [0.2, 0.25) is 0 Å². The Morgan fingerprint density at radius 2 is 2.09 bits per heavy atom. The fraction of sp³-hybridized carbons (Fsp3) is 0.522. The van der Waals surface area contributed by atoms with E-state index in [9.17, 15) is 5.26 Å². The molecule has 1 saturated heterocycles. The molecule has 1 aliphatic rings. The molecular formula is C23H34IN7S. The van der Waals surface area contributed by atoms with Crippen molar-refractivity contribution in [2.75, 3.05) is 37.7 Å². The second-order valence-electron chi connectivity index (χ2n) is 7.75. The van der Waals surface area contributed by atoms with Gasteiger partial charge in [-0.15, -0.1) is 24.0 Å². The Hall–Kier alpha value is -1.93. The summed E-state index contributed by atoms with van der Waals surface area (Å²) in [5, 5.41) is 18.3. The van der Waals surface area contributed by atoms with Crippen LogP contribution >= 0.6 is 35.7 Å². The van der Waals surface area contributed by atoms with Crippen LogP contribution < -0.4 is 11.1 Å². The topological polar surface area (TPSA) is 95.3 Å². The van der Waals surface area contributed by atoms with Gasteiger partial charge in [-0.05, 0) is 45.2 Å². The molecule has 7 nitrogen and oxygen atoms in total. The zero-order valence-corrected chi connectivity index (χ0v) is 22.3. The van der Waals surface area contributed by atoms with Gasteiger partial charge in [0.15, 0.2) is 5.96 Å². The Kier molecular flexibility index (Phi) is 10.6. The maximum absolute atomic E-state index is 9.61. The fourth-order valence-corrected chi connectivity index (χ4v) is 4.85.